The summed E-state index contributed by atoms with van der Waals surface area (Å²) in [5, 5.41) is 0. The summed E-state index contributed by atoms with van der Waals surface area (Å²) in [7, 11) is -2.19. The average Bonchev–Trinajstić information content (AvgIpc) is 2.43. The topological polar surface area (TPSA) is 34.1 Å². The van der Waals surface area contributed by atoms with Crippen LogP contribution in [-0.4, -0.2) is 11.2 Å². The van der Waals surface area contributed by atoms with Crippen LogP contribution >= 0.6 is 10.0 Å². The third-order valence-electron chi connectivity index (χ3n) is 2.57. The van der Waals surface area contributed by atoms with Crippen LogP contribution in [0.4, 0.5) is 0 Å². The van der Waals surface area contributed by atoms with E-state index in [-0.39, 0.29) is 0 Å². The number of hydrogen-bond acceptors (Lipinski definition) is 2. The van der Waals surface area contributed by atoms with Crippen LogP contribution in [0.2, 0.25) is 0 Å². The zero-order valence-electron chi connectivity index (χ0n) is 9.15. The summed E-state index contributed by atoms with van der Waals surface area (Å²) in [5.74, 6) is 0. The van der Waals surface area contributed by atoms with E-state index in [0.717, 1.165) is 21.0 Å². The molecular formula is C14H12O2S. The van der Waals surface area contributed by atoms with Gasteiger partial charge in [-0.1, -0.05) is 46.4 Å². The first kappa shape index (κ1) is 11.6. The minimum absolute atomic E-state index is 0.774. The van der Waals surface area contributed by atoms with Crippen LogP contribution in [0.5, 0.6) is 0 Å². The van der Waals surface area contributed by atoms with E-state index in [2.05, 4.69) is 0 Å². The van der Waals surface area contributed by atoms with Crippen LogP contribution in [0.15, 0.2) is 70.5 Å². The number of hydrogen-bond donors (Lipinski definition) is 0. The van der Waals surface area contributed by atoms with Gasteiger partial charge in [0.05, 0.1) is 0 Å². The smallest absolute Gasteiger partial charge is 0.173 e. The second-order valence-electron chi connectivity index (χ2n) is 3.53. The number of carbonyl (C=O) groups is 2. The summed E-state index contributed by atoms with van der Waals surface area (Å²) in [4.78, 5) is 24.5. The molecular weight excluding hydrogens is 232 g/mol. The van der Waals surface area contributed by atoms with E-state index >= 15 is 0 Å². The maximum Gasteiger partial charge on any atom is 0.173 e. The summed E-state index contributed by atoms with van der Waals surface area (Å²) in [5.41, 5.74) is 1.56. The molecule has 2 aromatic carbocycles. The van der Waals surface area contributed by atoms with E-state index in [0.29, 0.717) is 0 Å². The molecule has 2 nitrogen and oxygen atoms in total. The molecule has 0 saturated carbocycles. The summed E-state index contributed by atoms with van der Waals surface area (Å²) in [6, 6.07) is 18.4. The van der Waals surface area contributed by atoms with Gasteiger partial charge in [-0.15, -0.1) is 0 Å². The Morgan fingerprint density at radius 2 is 1.00 bits per heavy atom. The molecule has 0 aromatic heterocycles. The highest BCUT2D eigenvalue weighted by Gasteiger charge is 2.27. The summed E-state index contributed by atoms with van der Waals surface area (Å²) in [6.45, 7) is 0. The van der Waals surface area contributed by atoms with Crippen LogP contribution in [-0.2, 0) is 9.59 Å². The lowest BCUT2D eigenvalue weighted by Gasteiger charge is -2.27. The standard InChI is InChI=1S/C14H12O2S/c15-11-17(12-16,13-7-3-1-4-8-13)14-9-5-2-6-10-14/h1-12H. The fourth-order valence-corrected chi connectivity index (χ4v) is 3.65. The van der Waals surface area contributed by atoms with Gasteiger partial charge >= 0.3 is 0 Å². The Bertz CT molecular complexity index is 459. The van der Waals surface area contributed by atoms with E-state index in [4.69, 9.17) is 0 Å². The summed E-state index contributed by atoms with van der Waals surface area (Å²) in [6.07, 6.45) is 0. The van der Waals surface area contributed by atoms with Crippen LogP contribution in [0, 0.1) is 0 Å². The summed E-state index contributed by atoms with van der Waals surface area (Å²) < 4.78 is 0. The van der Waals surface area contributed by atoms with Crippen LogP contribution in [0.1, 0.15) is 0 Å². The maximum absolute atomic E-state index is 11.5. The highest BCUT2D eigenvalue weighted by atomic mass is 32.3. The molecule has 0 bridgehead atoms. The molecule has 0 heterocycles. The molecule has 0 aliphatic carbocycles. The second-order valence-corrected chi connectivity index (χ2v) is 6.27. The molecule has 0 fully saturated rings. The van der Waals surface area contributed by atoms with Gasteiger partial charge in [0.15, 0.2) is 11.2 Å². The Morgan fingerprint density at radius 3 is 1.29 bits per heavy atom. The Labute approximate surface area is 102 Å². The van der Waals surface area contributed by atoms with E-state index in [9.17, 15) is 9.59 Å². The lowest BCUT2D eigenvalue weighted by Crippen LogP contribution is -2.04. The molecule has 0 N–H and O–H groups in total. The first-order valence-corrected chi connectivity index (χ1v) is 6.93. The third-order valence-corrected chi connectivity index (χ3v) is 5.28. The van der Waals surface area contributed by atoms with Crippen molar-refractivity contribution < 1.29 is 9.59 Å². The molecule has 86 valence electrons. The SMILES string of the molecule is O=CS(C=O)(c1ccccc1)c1ccccc1. The Balaban J connectivity index is 2.62. The highest BCUT2D eigenvalue weighted by Crippen LogP contribution is 2.57. The van der Waals surface area contributed by atoms with Crippen LogP contribution in [0.25, 0.3) is 0 Å². The quantitative estimate of drug-likeness (QED) is 0.773. The molecule has 0 aliphatic heterocycles. The van der Waals surface area contributed by atoms with Gasteiger partial charge in [0.25, 0.3) is 0 Å². The molecule has 0 radical (unpaired) electrons. The second kappa shape index (κ2) is 4.97. The lowest BCUT2D eigenvalue weighted by molar-refractivity contribution is 0.565. The van der Waals surface area contributed by atoms with Crippen molar-refractivity contribution in [3.8, 4) is 0 Å². The molecule has 2 aromatic rings. The molecule has 3 heteroatoms. The van der Waals surface area contributed by atoms with Gasteiger partial charge in [0.2, 0.25) is 0 Å². The monoisotopic (exact) mass is 244 g/mol. The van der Waals surface area contributed by atoms with Crippen molar-refractivity contribution in [3.05, 3.63) is 60.7 Å². The van der Waals surface area contributed by atoms with Crippen molar-refractivity contribution in [1.29, 1.82) is 0 Å². The highest BCUT2D eigenvalue weighted by molar-refractivity contribution is 8.53. The fraction of sp³-hybridized carbons (Fsp3) is 0. The van der Waals surface area contributed by atoms with Gasteiger partial charge < -0.3 is 0 Å². The summed E-state index contributed by atoms with van der Waals surface area (Å²) >= 11 is 0. The van der Waals surface area contributed by atoms with Gasteiger partial charge in [-0.2, -0.15) is 0 Å². The van der Waals surface area contributed by atoms with Crippen LogP contribution in [0.3, 0.4) is 0 Å². The predicted molar refractivity (Wildman–Crippen MR) is 70.5 cm³/mol. The van der Waals surface area contributed by atoms with Gasteiger partial charge in [-0.3, -0.25) is 9.59 Å². The van der Waals surface area contributed by atoms with Gasteiger partial charge in [-0.05, 0) is 24.3 Å². The zero-order valence-corrected chi connectivity index (χ0v) is 9.97. The molecule has 0 spiro atoms. The van der Waals surface area contributed by atoms with E-state index in [1.807, 2.05) is 60.7 Å². The van der Waals surface area contributed by atoms with Crippen molar-refractivity contribution in [2.75, 3.05) is 0 Å². The molecule has 0 unspecified atom stereocenters. The Kier molecular flexibility index (Phi) is 3.40. The molecule has 0 saturated heterocycles. The average molecular weight is 244 g/mol. The van der Waals surface area contributed by atoms with Gasteiger partial charge in [-0.25, -0.2) is 0 Å². The number of carbonyl (C=O) groups excluding carboxylic acids is 2. The van der Waals surface area contributed by atoms with Crippen molar-refractivity contribution >= 4 is 21.3 Å². The first-order valence-electron chi connectivity index (χ1n) is 5.17. The Hall–Kier alpha value is -1.87. The predicted octanol–water partition coefficient (Wildman–Crippen LogP) is 3.29. The van der Waals surface area contributed by atoms with Crippen molar-refractivity contribution in [1.82, 2.24) is 0 Å². The van der Waals surface area contributed by atoms with E-state index in [1.54, 1.807) is 0 Å². The maximum atomic E-state index is 11.5. The minimum Gasteiger partial charge on any atom is -0.291 e. The molecule has 0 aliphatic rings. The van der Waals surface area contributed by atoms with Gasteiger partial charge in [0.1, 0.15) is 0 Å². The van der Waals surface area contributed by atoms with Crippen LogP contribution < -0.4 is 0 Å². The molecule has 0 atom stereocenters. The van der Waals surface area contributed by atoms with Crippen molar-refractivity contribution in [3.63, 3.8) is 0 Å². The lowest BCUT2D eigenvalue weighted by atomic mass is 10.4. The largest absolute Gasteiger partial charge is 0.291 e. The van der Waals surface area contributed by atoms with Gasteiger partial charge in [0, 0.05) is 9.79 Å². The van der Waals surface area contributed by atoms with E-state index in [1.165, 1.54) is 0 Å². The normalized spacial score (nSPS) is 11.8. The fourth-order valence-electron chi connectivity index (χ4n) is 1.67. The van der Waals surface area contributed by atoms with Crippen molar-refractivity contribution in [2.45, 2.75) is 9.79 Å². The minimum atomic E-state index is -2.19. The zero-order chi connectivity index (χ0) is 12.1. The number of benzene rings is 2. The third kappa shape index (κ3) is 2.01. The van der Waals surface area contributed by atoms with Crippen molar-refractivity contribution in [2.24, 2.45) is 0 Å². The number of rotatable bonds is 4. The molecule has 2 rings (SSSR count). The molecule has 0 amide bonds. The Morgan fingerprint density at radius 1 is 0.647 bits per heavy atom. The first-order chi connectivity index (χ1) is 8.33. The molecule has 17 heavy (non-hydrogen) atoms. The van der Waals surface area contributed by atoms with E-state index < -0.39 is 10.0 Å².